The van der Waals surface area contributed by atoms with Gasteiger partial charge in [0.1, 0.15) is 11.4 Å². The first kappa shape index (κ1) is 18.6. The number of aromatic nitrogens is 1. The van der Waals surface area contributed by atoms with Crippen LogP contribution in [0.1, 0.15) is 41.6 Å². The van der Waals surface area contributed by atoms with E-state index in [1.54, 1.807) is 11.6 Å². The summed E-state index contributed by atoms with van der Waals surface area (Å²) in [6.07, 6.45) is 3.04. The van der Waals surface area contributed by atoms with Crippen LogP contribution in [0.3, 0.4) is 0 Å². The van der Waals surface area contributed by atoms with Gasteiger partial charge in [0.05, 0.1) is 19.6 Å². The van der Waals surface area contributed by atoms with Crippen molar-refractivity contribution in [1.29, 1.82) is 0 Å². The summed E-state index contributed by atoms with van der Waals surface area (Å²) >= 11 is 0. The Balaban J connectivity index is 1.54. The monoisotopic (exact) mass is 381 g/mol. The Labute approximate surface area is 165 Å². The lowest BCUT2D eigenvalue weighted by atomic mass is 9.79. The average molecular weight is 381 g/mol. The molecule has 28 heavy (non-hydrogen) atoms. The SMILES string of the molecule is Cc1cc(C)n(C)c(=O)c1CNC(=O)N1Cc2ccccc2OC2(CCC2)C1. The normalized spacial score (nSPS) is 17.3. The van der Waals surface area contributed by atoms with Crippen molar-refractivity contribution < 1.29 is 9.53 Å². The minimum absolute atomic E-state index is 0.0576. The molecule has 1 aromatic carbocycles. The minimum atomic E-state index is -0.278. The predicted octanol–water partition coefficient (Wildman–Crippen LogP) is 3.03. The summed E-state index contributed by atoms with van der Waals surface area (Å²) in [4.78, 5) is 27.4. The number of benzene rings is 1. The fourth-order valence-corrected chi connectivity index (χ4v) is 4.10. The highest BCUT2D eigenvalue weighted by atomic mass is 16.5. The van der Waals surface area contributed by atoms with Crippen molar-refractivity contribution in [3.63, 3.8) is 0 Å². The van der Waals surface area contributed by atoms with Gasteiger partial charge >= 0.3 is 6.03 Å². The van der Waals surface area contributed by atoms with Gasteiger partial charge in [0.25, 0.3) is 5.56 Å². The lowest BCUT2D eigenvalue weighted by Gasteiger charge is -2.42. The van der Waals surface area contributed by atoms with Crippen molar-refractivity contribution in [3.8, 4) is 5.75 Å². The Morgan fingerprint density at radius 1 is 1.25 bits per heavy atom. The fourth-order valence-electron chi connectivity index (χ4n) is 4.10. The molecule has 6 heteroatoms. The highest BCUT2D eigenvalue weighted by Crippen LogP contribution is 2.41. The molecule has 1 aliphatic heterocycles. The maximum atomic E-state index is 13.0. The van der Waals surface area contributed by atoms with E-state index in [9.17, 15) is 9.59 Å². The average Bonchev–Trinajstić information content (AvgIpc) is 2.83. The number of fused-ring (bicyclic) bond motifs is 1. The molecule has 0 bridgehead atoms. The van der Waals surface area contributed by atoms with E-state index in [-0.39, 0.29) is 23.7 Å². The molecule has 1 aliphatic carbocycles. The molecule has 0 radical (unpaired) electrons. The number of aryl methyl sites for hydroxylation is 2. The molecule has 2 aromatic rings. The quantitative estimate of drug-likeness (QED) is 0.870. The van der Waals surface area contributed by atoms with Crippen LogP contribution in [0.2, 0.25) is 0 Å². The molecule has 0 saturated heterocycles. The van der Waals surface area contributed by atoms with Gasteiger partial charge in [0.15, 0.2) is 0 Å². The summed E-state index contributed by atoms with van der Waals surface area (Å²) < 4.78 is 7.93. The largest absolute Gasteiger partial charge is 0.485 e. The van der Waals surface area contributed by atoms with E-state index in [1.165, 1.54) is 0 Å². The molecule has 0 atom stereocenters. The Hall–Kier alpha value is -2.76. The van der Waals surface area contributed by atoms with Crippen LogP contribution in [-0.4, -0.2) is 27.6 Å². The second-order valence-electron chi connectivity index (χ2n) is 8.07. The first-order chi connectivity index (χ1) is 13.4. The number of pyridine rings is 1. The van der Waals surface area contributed by atoms with Crippen LogP contribution in [0.5, 0.6) is 5.75 Å². The molecule has 2 aliphatic rings. The number of carbonyl (C=O) groups excluding carboxylic acids is 1. The van der Waals surface area contributed by atoms with Crippen LogP contribution < -0.4 is 15.6 Å². The number of nitrogens with one attached hydrogen (secondary N) is 1. The molecule has 2 heterocycles. The van der Waals surface area contributed by atoms with Crippen LogP contribution in [0, 0.1) is 13.8 Å². The van der Waals surface area contributed by atoms with Crippen molar-refractivity contribution in [2.75, 3.05) is 6.54 Å². The van der Waals surface area contributed by atoms with Crippen molar-refractivity contribution in [3.05, 3.63) is 63.1 Å². The second kappa shape index (κ2) is 7.00. The molecular formula is C22H27N3O3. The van der Waals surface area contributed by atoms with Gasteiger partial charge in [0.2, 0.25) is 0 Å². The number of nitrogens with zero attached hydrogens (tertiary/aromatic N) is 2. The summed E-state index contributed by atoms with van der Waals surface area (Å²) in [5.74, 6) is 0.876. The number of ether oxygens (including phenoxy) is 1. The number of carbonyl (C=O) groups is 1. The highest BCUT2D eigenvalue weighted by Gasteiger charge is 2.44. The Morgan fingerprint density at radius 3 is 2.71 bits per heavy atom. The number of urea groups is 1. The third-order valence-electron chi connectivity index (χ3n) is 6.10. The lowest BCUT2D eigenvalue weighted by Crippen LogP contribution is -2.53. The van der Waals surface area contributed by atoms with Gasteiger partial charge in [-0.25, -0.2) is 4.79 Å². The van der Waals surface area contributed by atoms with E-state index in [4.69, 9.17) is 4.74 Å². The molecule has 2 amide bonds. The number of para-hydroxylation sites is 1. The zero-order chi connectivity index (χ0) is 19.9. The summed E-state index contributed by atoms with van der Waals surface area (Å²) in [5, 5.41) is 2.96. The summed E-state index contributed by atoms with van der Waals surface area (Å²) in [5.41, 5.74) is 3.12. The van der Waals surface area contributed by atoms with Gasteiger partial charge < -0.3 is 19.5 Å². The Kier molecular flexibility index (Phi) is 4.65. The van der Waals surface area contributed by atoms with E-state index >= 15 is 0 Å². The fraction of sp³-hybridized carbons (Fsp3) is 0.455. The third-order valence-corrected chi connectivity index (χ3v) is 6.10. The van der Waals surface area contributed by atoms with Crippen molar-refractivity contribution in [2.24, 2.45) is 7.05 Å². The molecule has 148 valence electrons. The van der Waals surface area contributed by atoms with Gasteiger partial charge in [-0.05, 0) is 50.8 Å². The van der Waals surface area contributed by atoms with Gasteiger partial charge in [-0.2, -0.15) is 0 Å². The Bertz CT molecular complexity index is 975. The zero-order valence-corrected chi connectivity index (χ0v) is 16.7. The van der Waals surface area contributed by atoms with E-state index in [2.05, 4.69) is 5.32 Å². The van der Waals surface area contributed by atoms with Crippen molar-refractivity contribution >= 4 is 6.03 Å². The summed E-state index contributed by atoms with van der Waals surface area (Å²) in [6, 6.07) is 9.74. The molecule has 1 spiro atoms. The van der Waals surface area contributed by atoms with E-state index in [0.717, 1.165) is 41.8 Å². The molecule has 4 rings (SSSR count). The summed E-state index contributed by atoms with van der Waals surface area (Å²) in [6.45, 7) is 5.12. The number of amides is 2. The molecule has 1 N–H and O–H groups in total. The summed E-state index contributed by atoms with van der Waals surface area (Å²) in [7, 11) is 1.76. The van der Waals surface area contributed by atoms with E-state index in [0.29, 0.717) is 18.7 Å². The number of hydrogen-bond acceptors (Lipinski definition) is 3. The van der Waals surface area contributed by atoms with E-state index < -0.39 is 0 Å². The number of hydrogen-bond donors (Lipinski definition) is 1. The number of rotatable bonds is 2. The molecule has 0 unspecified atom stereocenters. The zero-order valence-electron chi connectivity index (χ0n) is 16.7. The van der Waals surface area contributed by atoms with Crippen molar-refractivity contribution in [2.45, 2.75) is 51.8 Å². The van der Waals surface area contributed by atoms with Crippen LogP contribution in [0.25, 0.3) is 0 Å². The van der Waals surface area contributed by atoms with Crippen LogP contribution in [0.4, 0.5) is 4.79 Å². The van der Waals surface area contributed by atoms with Gasteiger partial charge in [-0.15, -0.1) is 0 Å². The first-order valence-electron chi connectivity index (χ1n) is 9.84. The van der Waals surface area contributed by atoms with Gasteiger partial charge in [-0.3, -0.25) is 4.79 Å². The van der Waals surface area contributed by atoms with Crippen LogP contribution in [0.15, 0.2) is 35.1 Å². The topological polar surface area (TPSA) is 63.6 Å². The maximum Gasteiger partial charge on any atom is 0.318 e. The van der Waals surface area contributed by atoms with Crippen molar-refractivity contribution in [1.82, 2.24) is 14.8 Å². The Morgan fingerprint density at radius 2 is 2.00 bits per heavy atom. The highest BCUT2D eigenvalue weighted by molar-refractivity contribution is 5.74. The smallest absolute Gasteiger partial charge is 0.318 e. The molecule has 1 aromatic heterocycles. The predicted molar refractivity (Wildman–Crippen MR) is 107 cm³/mol. The maximum absolute atomic E-state index is 13.0. The van der Waals surface area contributed by atoms with Crippen LogP contribution >= 0.6 is 0 Å². The van der Waals surface area contributed by atoms with Gasteiger partial charge in [-0.1, -0.05) is 18.2 Å². The lowest BCUT2D eigenvalue weighted by molar-refractivity contribution is -0.0209. The molecule has 1 saturated carbocycles. The second-order valence-corrected chi connectivity index (χ2v) is 8.07. The standard InChI is InChI=1S/C22H27N3O3/c1-15-11-16(2)24(3)20(26)18(15)12-23-21(27)25-13-17-7-4-5-8-19(17)28-22(14-25)9-6-10-22/h4-5,7-8,11H,6,9-10,12-14H2,1-3H3,(H,23,27). The third kappa shape index (κ3) is 3.28. The minimum Gasteiger partial charge on any atom is -0.485 e. The van der Waals surface area contributed by atoms with E-state index in [1.807, 2.05) is 49.1 Å². The molecule has 6 nitrogen and oxygen atoms in total. The van der Waals surface area contributed by atoms with Crippen LogP contribution in [-0.2, 0) is 20.1 Å². The first-order valence-corrected chi connectivity index (χ1v) is 9.84. The molecule has 1 fully saturated rings. The molecular weight excluding hydrogens is 354 g/mol. The van der Waals surface area contributed by atoms with Gasteiger partial charge in [0, 0.05) is 23.9 Å².